The Kier molecular flexibility index (Phi) is 2.47. The van der Waals surface area contributed by atoms with Gasteiger partial charge in [-0.3, -0.25) is 0 Å². The quantitative estimate of drug-likeness (QED) is 0.781. The minimum absolute atomic E-state index is 0.0325. The van der Waals surface area contributed by atoms with E-state index in [4.69, 9.17) is 11.0 Å². The standard InChI is InChI=1S/C13H17N3/c1-4-10-12(15)9-5-8(6-14)16-7-11(9)13(10,2)3/h5,7,10,12H,4,15H2,1-3H3. The molecule has 3 heteroatoms. The molecule has 1 aliphatic rings. The summed E-state index contributed by atoms with van der Waals surface area (Å²) >= 11 is 0. The van der Waals surface area contributed by atoms with Gasteiger partial charge in [0.1, 0.15) is 11.8 Å². The highest BCUT2D eigenvalue weighted by Crippen LogP contribution is 2.49. The maximum absolute atomic E-state index is 8.86. The van der Waals surface area contributed by atoms with Crippen LogP contribution in [0.4, 0.5) is 0 Å². The zero-order valence-corrected chi connectivity index (χ0v) is 9.99. The van der Waals surface area contributed by atoms with E-state index in [1.54, 1.807) is 0 Å². The van der Waals surface area contributed by atoms with Crippen molar-refractivity contribution >= 4 is 0 Å². The van der Waals surface area contributed by atoms with Crippen molar-refractivity contribution in [2.24, 2.45) is 11.7 Å². The molecule has 0 fully saturated rings. The minimum Gasteiger partial charge on any atom is -0.324 e. The van der Waals surface area contributed by atoms with Crippen molar-refractivity contribution in [3.63, 3.8) is 0 Å². The summed E-state index contributed by atoms with van der Waals surface area (Å²) in [5, 5.41) is 8.86. The van der Waals surface area contributed by atoms with Gasteiger partial charge in [-0.15, -0.1) is 0 Å². The van der Waals surface area contributed by atoms with Gasteiger partial charge < -0.3 is 5.73 Å². The van der Waals surface area contributed by atoms with Crippen molar-refractivity contribution in [3.05, 3.63) is 29.1 Å². The van der Waals surface area contributed by atoms with Crippen molar-refractivity contribution in [2.45, 2.75) is 38.6 Å². The number of nitrogens with two attached hydrogens (primary N) is 1. The number of nitriles is 1. The van der Waals surface area contributed by atoms with Gasteiger partial charge in [0, 0.05) is 12.2 Å². The SMILES string of the molecule is CCC1C(N)c2cc(C#N)ncc2C1(C)C. The molecule has 0 aliphatic heterocycles. The Morgan fingerprint density at radius 3 is 2.81 bits per heavy atom. The number of pyridine rings is 1. The lowest BCUT2D eigenvalue weighted by Crippen LogP contribution is -2.28. The molecule has 2 atom stereocenters. The second-order valence-corrected chi connectivity index (χ2v) is 5.03. The molecule has 2 N–H and O–H groups in total. The van der Waals surface area contributed by atoms with Crippen molar-refractivity contribution in [1.82, 2.24) is 4.98 Å². The van der Waals surface area contributed by atoms with Gasteiger partial charge >= 0.3 is 0 Å². The predicted molar refractivity (Wildman–Crippen MR) is 62.7 cm³/mol. The number of hydrogen-bond acceptors (Lipinski definition) is 3. The van der Waals surface area contributed by atoms with Crippen molar-refractivity contribution in [2.75, 3.05) is 0 Å². The summed E-state index contributed by atoms with van der Waals surface area (Å²) in [7, 11) is 0. The topological polar surface area (TPSA) is 62.7 Å². The Labute approximate surface area is 96.3 Å². The highest BCUT2D eigenvalue weighted by molar-refractivity contribution is 5.44. The van der Waals surface area contributed by atoms with E-state index in [0.717, 1.165) is 12.0 Å². The molecule has 16 heavy (non-hydrogen) atoms. The third kappa shape index (κ3) is 1.34. The fraction of sp³-hybridized carbons (Fsp3) is 0.538. The van der Waals surface area contributed by atoms with Gasteiger partial charge in [-0.2, -0.15) is 5.26 Å². The highest BCUT2D eigenvalue weighted by atomic mass is 14.8. The molecule has 0 aromatic carbocycles. The average Bonchev–Trinajstić information content (AvgIpc) is 2.46. The van der Waals surface area contributed by atoms with Crippen LogP contribution in [0.25, 0.3) is 0 Å². The first-order chi connectivity index (χ1) is 7.52. The number of nitrogens with zero attached hydrogens (tertiary/aromatic N) is 2. The molecule has 1 aromatic heterocycles. The van der Waals surface area contributed by atoms with Crippen LogP contribution in [0.3, 0.4) is 0 Å². The van der Waals surface area contributed by atoms with Crippen molar-refractivity contribution < 1.29 is 0 Å². The van der Waals surface area contributed by atoms with Crippen LogP contribution in [0.5, 0.6) is 0 Å². The van der Waals surface area contributed by atoms with Crippen LogP contribution in [-0.2, 0) is 5.41 Å². The summed E-state index contributed by atoms with van der Waals surface area (Å²) in [5.41, 5.74) is 9.08. The normalized spacial score (nSPS) is 26.2. The Hall–Kier alpha value is -1.40. The number of fused-ring (bicyclic) bond motifs is 1. The molecule has 3 nitrogen and oxygen atoms in total. The molecule has 84 valence electrons. The summed E-state index contributed by atoms with van der Waals surface area (Å²) in [6, 6.07) is 3.95. The van der Waals surface area contributed by atoms with E-state index in [9.17, 15) is 0 Å². The molecular weight excluding hydrogens is 198 g/mol. The molecule has 1 aromatic rings. The summed E-state index contributed by atoms with van der Waals surface area (Å²) in [4.78, 5) is 4.15. The molecular formula is C13H17N3. The third-order valence-electron chi connectivity index (χ3n) is 3.90. The van der Waals surface area contributed by atoms with Crippen LogP contribution in [0.2, 0.25) is 0 Å². The number of rotatable bonds is 1. The monoisotopic (exact) mass is 215 g/mol. The van der Waals surface area contributed by atoms with E-state index >= 15 is 0 Å². The first-order valence-electron chi connectivity index (χ1n) is 5.68. The van der Waals surface area contributed by atoms with E-state index in [1.165, 1.54) is 5.56 Å². The van der Waals surface area contributed by atoms with Gasteiger partial charge in [-0.25, -0.2) is 4.98 Å². The smallest absolute Gasteiger partial charge is 0.140 e. The van der Waals surface area contributed by atoms with Crippen LogP contribution in [0, 0.1) is 17.2 Å². The minimum atomic E-state index is 0.0325. The Morgan fingerprint density at radius 2 is 2.25 bits per heavy atom. The summed E-state index contributed by atoms with van der Waals surface area (Å²) in [5.74, 6) is 0.429. The molecule has 1 aliphatic carbocycles. The van der Waals surface area contributed by atoms with Crippen molar-refractivity contribution in [1.29, 1.82) is 5.26 Å². The lowest BCUT2D eigenvalue weighted by atomic mass is 9.77. The lowest BCUT2D eigenvalue weighted by molar-refractivity contribution is 0.297. The molecule has 0 saturated heterocycles. The first-order valence-corrected chi connectivity index (χ1v) is 5.68. The Morgan fingerprint density at radius 1 is 1.56 bits per heavy atom. The van der Waals surface area contributed by atoms with E-state index in [2.05, 4.69) is 31.8 Å². The van der Waals surface area contributed by atoms with Crippen LogP contribution in [0.15, 0.2) is 12.3 Å². The van der Waals surface area contributed by atoms with E-state index in [1.807, 2.05) is 12.3 Å². The summed E-state index contributed by atoms with van der Waals surface area (Å²) in [6.07, 6.45) is 2.87. The van der Waals surface area contributed by atoms with Crippen LogP contribution < -0.4 is 5.73 Å². The lowest BCUT2D eigenvalue weighted by Gasteiger charge is -2.28. The zero-order valence-electron chi connectivity index (χ0n) is 9.99. The molecule has 2 unspecified atom stereocenters. The van der Waals surface area contributed by atoms with E-state index in [-0.39, 0.29) is 11.5 Å². The van der Waals surface area contributed by atoms with Gasteiger partial charge in [0.15, 0.2) is 0 Å². The zero-order chi connectivity index (χ0) is 11.9. The van der Waals surface area contributed by atoms with Gasteiger partial charge in [0.05, 0.1) is 0 Å². The van der Waals surface area contributed by atoms with Crippen LogP contribution >= 0.6 is 0 Å². The van der Waals surface area contributed by atoms with Crippen LogP contribution in [-0.4, -0.2) is 4.98 Å². The molecule has 0 spiro atoms. The maximum atomic E-state index is 8.86. The summed E-state index contributed by atoms with van der Waals surface area (Å²) in [6.45, 7) is 6.58. The maximum Gasteiger partial charge on any atom is 0.140 e. The highest BCUT2D eigenvalue weighted by Gasteiger charge is 2.43. The molecule has 1 heterocycles. The number of hydrogen-bond donors (Lipinski definition) is 1. The molecule has 0 saturated carbocycles. The fourth-order valence-electron chi connectivity index (χ4n) is 2.98. The number of aromatic nitrogens is 1. The van der Waals surface area contributed by atoms with Gasteiger partial charge in [-0.05, 0) is 28.5 Å². The van der Waals surface area contributed by atoms with Crippen molar-refractivity contribution in [3.8, 4) is 6.07 Å². The van der Waals surface area contributed by atoms with Gasteiger partial charge in [0.2, 0.25) is 0 Å². The molecule has 0 radical (unpaired) electrons. The molecule has 2 rings (SSSR count). The second-order valence-electron chi connectivity index (χ2n) is 5.03. The van der Waals surface area contributed by atoms with Gasteiger partial charge in [-0.1, -0.05) is 27.2 Å². The van der Waals surface area contributed by atoms with Gasteiger partial charge in [0.25, 0.3) is 0 Å². The largest absolute Gasteiger partial charge is 0.324 e. The Bertz CT molecular complexity index is 457. The predicted octanol–water partition coefficient (Wildman–Crippen LogP) is 2.27. The fourth-order valence-corrected chi connectivity index (χ4v) is 2.98. The van der Waals surface area contributed by atoms with E-state index in [0.29, 0.717) is 11.6 Å². The van der Waals surface area contributed by atoms with E-state index < -0.39 is 0 Å². The first kappa shape index (κ1) is 11.1. The van der Waals surface area contributed by atoms with Crippen LogP contribution in [0.1, 0.15) is 50.1 Å². The average molecular weight is 215 g/mol. The Balaban J connectivity index is 2.58. The molecule has 0 amide bonds. The summed E-state index contributed by atoms with van der Waals surface area (Å²) < 4.78 is 0. The second kappa shape index (κ2) is 3.57. The third-order valence-corrected chi connectivity index (χ3v) is 3.90. The molecule has 0 bridgehead atoms.